The molecule has 1 N–H and O–H groups in total. The van der Waals surface area contributed by atoms with Crippen molar-refractivity contribution in [2.75, 3.05) is 5.32 Å². The maximum atomic E-state index is 11.5. The number of nitrogens with one attached hydrogen (secondary N) is 1. The lowest BCUT2D eigenvalue weighted by molar-refractivity contribution is -0.115. The number of aliphatic imine (C=N–C) groups is 1. The molecule has 1 aliphatic carbocycles. The van der Waals surface area contributed by atoms with Crippen molar-refractivity contribution in [3.05, 3.63) is 29.3 Å². The molecule has 1 aromatic rings. The highest BCUT2D eigenvalue weighted by Crippen LogP contribution is 2.45. The summed E-state index contributed by atoms with van der Waals surface area (Å²) >= 11 is 0. The normalized spacial score (nSPS) is 20.1. The zero-order chi connectivity index (χ0) is 12.6. The third-order valence-corrected chi connectivity index (χ3v) is 3.98. The van der Waals surface area contributed by atoms with Crippen LogP contribution in [0.4, 0.5) is 5.69 Å². The van der Waals surface area contributed by atoms with Crippen LogP contribution in [0.2, 0.25) is 0 Å². The monoisotopic (exact) mass is 242 g/mol. The summed E-state index contributed by atoms with van der Waals surface area (Å²) in [5, 5.41) is 2.84. The Balaban J connectivity index is 2.15. The molecule has 0 atom stereocenters. The topological polar surface area (TPSA) is 58.5 Å². The number of benzene rings is 1. The predicted molar refractivity (Wildman–Crippen MR) is 67.0 cm³/mol. The number of rotatable bonds is 2. The van der Waals surface area contributed by atoms with Crippen molar-refractivity contribution >= 4 is 17.7 Å². The maximum absolute atomic E-state index is 11.5. The maximum Gasteiger partial charge on any atom is 0.235 e. The molecule has 4 heteroatoms. The molecule has 0 saturated heterocycles. The average molecular weight is 242 g/mol. The Bertz CT molecular complexity index is 553. The Morgan fingerprint density at radius 2 is 2.06 bits per heavy atom. The van der Waals surface area contributed by atoms with E-state index in [1.807, 2.05) is 18.2 Å². The molecule has 2 aliphatic rings. The summed E-state index contributed by atoms with van der Waals surface area (Å²) in [4.78, 5) is 26.3. The van der Waals surface area contributed by atoms with Crippen molar-refractivity contribution in [1.29, 1.82) is 0 Å². The SMILES string of the molecule is O=C=NC1(c2cccc3c2CC(=O)N3)CCCC1. The van der Waals surface area contributed by atoms with E-state index in [4.69, 9.17) is 0 Å². The van der Waals surface area contributed by atoms with Crippen LogP contribution in [0.15, 0.2) is 23.2 Å². The van der Waals surface area contributed by atoms with Crippen molar-refractivity contribution in [3.8, 4) is 0 Å². The summed E-state index contributed by atoms with van der Waals surface area (Å²) in [6, 6.07) is 5.81. The summed E-state index contributed by atoms with van der Waals surface area (Å²) in [6.45, 7) is 0. The van der Waals surface area contributed by atoms with Gasteiger partial charge < -0.3 is 5.32 Å². The van der Waals surface area contributed by atoms with Crippen LogP contribution < -0.4 is 5.32 Å². The first kappa shape index (κ1) is 11.2. The second-order valence-corrected chi connectivity index (χ2v) is 5.00. The standard InChI is InChI=1S/C14H14N2O2/c17-9-15-14(6-1-2-7-14)11-4-3-5-12-10(11)8-13(18)16-12/h3-5H,1-2,6-8H2,(H,16,18). The van der Waals surface area contributed by atoms with Gasteiger partial charge in [-0.2, -0.15) is 4.99 Å². The minimum Gasteiger partial charge on any atom is -0.326 e. The van der Waals surface area contributed by atoms with Gasteiger partial charge in [0.05, 0.1) is 12.0 Å². The van der Waals surface area contributed by atoms with Gasteiger partial charge >= 0.3 is 0 Å². The van der Waals surface area contributed by atoms with Crippen LogP contribution in [-0.4, -0.2) is 12.0 Å². The highest BCUT2D eigenvalue weighted by Gasteiger charge is 2.39. The van der Waals surface area contributed by atoms with Gasteiger partial charge in [-0.25, -0.2) is 4.79 Å². The molecule has 18 heavy (non-hydrogen) atoms. The number of carbonyl (C=O) groups is 1. The third kappa shape index (κ3) is 1.57. The smallest absolute Gasteiger partial charge is 0.235 e. The second kappa shape index (κ2) is 4.07. The summed E-state index contributed by atoms with van der Waals surface area (Å²) in [5.41, 5.74) is 2.45. The van der Waals surface area contributed by atoms with E-state index in [0.717, 1.165) is 42.5 Å². The van der Waals surface area contributed by atoms with Crippen LogP contribution in [0.3, 0.4) is 0 Å². The van der Waals surface area contributed by atoms with Crippen molar-refractivity contribution in [2.24, 2.45) is 4.99 Å². The summed E-state index contributed by atoms with van der Waals surface area (Å²) in [5.74, 6) is 0.0145. The van der Waals surface area contributed by atoms with Crippen LogP contribution in [0.1, 0.15) is 36.8 Å². The molecule has 4 nitrogen and oxygen atoms in total. The Kier molecular flexibility index (Phi) is 2.53. The van der Waals surface area contributed by atoms with Gasteiger partial charge in [0.15, 0.2) is 0 Å². The number of amides is 1. The Labute approximate surface area is 105 Å². The fraction of sp³-hybridized carbons (Fsp3) is 0.429. The molecule has 1 aromatic carbocycles. The first-order valence-electron chi connectivity index (χ1n) is 6.26. The minimum absolute atomic E-state index is 0.0145. The molecular formula is C14H14N2O2. The lowest BCUT2D eigenvalue weighted by atomic mass is 9.84. The molecule has 0 bridgehead atoms. The van der Waals surface area contributed by atoms with Gasteiger partial charge in [-0.1, -0.05) is 25.0 Å². The van der Waals surface area contributed by atoms with E-state index in [-0.39, 0.29) is 5.91 Å². The molecule has 1 saturated carbocycles. The van der Waals surface area contributed by atoms with E-state index in [0.29, 0.717) is 6.42 Å². The van der Waals surface area contributed by atoms with Crippen LogP contribution in [0.5, 0.6) is 0 Å². The zero-order valence-corrected chi connectivity index (χ0v) is 10.0. The number of hydrogen-bond donors (Lipinski definition) is 1. The number of fused-ring (bicyclic) bond motifs is 1. The van der Waals surface area contributed by atoms with Gasteiger partial charge in [-0.3, -0.25) is 4.79 Å². The zero-order valence-electron chi connectivity index (χ0n) is 10.0. The van der Waals surface area contributed by atoms with Gasteiger partial charge in [-0.15, -0.1) is 0 Å². The molecule has 1 fully saturated rings. The van der Waals surface area contributed by atoms with Crippen molar-refractivity contribution in [2.45, 2.75) is 37.6 Å². The molecule has 0 radical (unpaired) electrons. The van der Waals surface area contributed by atoms with Gasteiger partial charge in [0.25, 0.3) is 0 Å². The van der Waals surface area contributed by atoms with E-state index >= 15 is 0 Å². The van der Waals surface area contributed by atoms with E-state index < -0.39 is 5.54 Å². The average Bonchev–Trinajstić information content (AvgIpc) is 2.94. The Hall–Kier alpha value is -1.93. The van der Waals surface area contributed by atoms with E-state index in [9.17, 15) is 9.59 Å². The molecule has 0 unspecified atom stereocenters. The first-order valence-corrected chi connectivity index (χ1v) is 6.26. The molecule has 1 heterocycles. The molecule has 92 valence electrons. The fourth-order valence-electron chi connectivity index (χ4n) is 3.17. The highest BCUT2D eigenvalue weighted by molar-refractivity contribution is 5.99. The molecule has 0 aromatic heterocycles. The molecule has 3 rings (SSSR count). The van der Waals surface area contributed by atoms with Crippen LogP contribution in [0, 0.1) is 0 Å². The van der Waals surface area contributed by atoms with Gasteiger partial charge in [-0.05, 0) is 30.0 Å². The number of hydrogen-bond acceptors (Lipinski definition) is 3. The van der Waals surface area contributed by atoms with Crippen molar-refractivity contribution in [1.82, 2.24) is 0 Å². The quantitative estimate of drug-likeness (QED) is 0.639. The highest BCUT2D eigenvalue weighted by atomic mass is 16.1. The van der Waals surface area contributed by atoms with Crippen LogP contribution in [-0.2, 0) is 21.5 Å². The largest absolute Gasteiger partial charge is 0.326 e. The lowest BCUT2D eigenvalue weighted by Gasteiger charge is -2.25. The summed E-state index contributed by atoms with van der Waals surface area (Å²) < 4.78 is 0. The van der Waals surface area contributed by atoms with E-state index in [2.05, 4.69) is 10.3 Å². The van der Waals surface area contributed by atoms with E-state index in [1.165, 1.54) is 0 Å². The summed E-state index contributed by atoms with van der Waals surface area (Å²) in [7, 11) is 0. The first-order chi connectivity index (χ1) is 8.75. The lowest BCUT2D eigenvalue weighted by Crippen LogP contribution is -2.20. The van der Waals surface area contributed by atoms with Gasteiger partial charge in [0.1, 0.15) is 0 Å². The predicted octanol–water partition coefficient (Wildman–Crippen LogP) is 2.29. The molecule has 1 amide bonds. The minimum atomic E-state index is -0.445. The number of nitrogens with zero attached hydrogens (tertiary/aromatic N) is 1. The second-order valence-electron chi connectivity index (χ2n) is 5.00. The third-order valence-electron chi connectivity index (χ3n) is 3.98. The van der Waals surface area contributed by atoms with Crippen molar-refractivity contribution in [3.63, 3.8) is 0 Å². The van der Waals surface area contributed by atoms with Gasteiger partial charge in [0, 0.05) is 5.69 Å². The Morgan fingerprint density at radius 3 is 2.78 bits per heavy atom. The molecule has 0 spiro atoms. The van der Waals surface area contributed by atoms with Crippen LogP contribution in [0.25, 0.3) is 0 Å². The number of isocyanates is 1. The molecule has 1 aliphatic heterocycles. The summed E-state index contributed by atoms with van der Waals surface area (Å²) in [6.07, 6.45) is 5.98. The fourth-order valence-corrected chi connectivity index (χ4v) is 3.17. The van der Waals surface area contributed by atoms with Crippen molar-refractivity contribution < 1.29 is 9.59 Å². The number of anilines is 1. The van der Waals surface area contributed by atoms with Crippen LogP contribution >= 0.6 is 0 Å². The molecular weight excluding hydrogens is 228 g/mol. The number of carbonyl (C=O) groups excluding carboxylic acids is 2. The van der Waals surface area contributed by atoms with E-state index in [1.54, 1.807) is 6.08 Å². The van der Waals surface area contributed by atoms with Gasteiger partial charge in [0.2, 0.25) is 12.0 Å². The Morgan fingerprint density at radius 1 is 1.28 bits per heavy atom.